The minimum absolute atomic E-state index is 0.0326. The second kappa shape index (κ2) is 6.80. The van der Waals surface area contributed by atoms with Gasteiger partial charge >= 0.3 is 0 Å². The monoisotopic (exact) mass is 377 g/mol. The maximum absolute atomic E-state index is 12.6. The molecule has 2 aromatic heterocycles. The van der Waals surface area contributed by atoms with Crippen LogP contribution in [0.5, 0.6) is 0 Å². The van der Waals surface area contributed by atoms with E-state index in [0.717, 1.165) is 51.9 Å². The van der Waals surface area contributed by atoms with Crippen molar-refractivity contribution in [1.29, 1.82) is 0 Å². The van der Waals surface area contributed by atoms with E-state index in [0.29, 0.717) is 11.4 Å². The summed E-state index contributed by atoms with van der Waals surface area (Å²) in [5.74, 6) is 0.00203. The largest absolute Gasteiger partial charge is 0.337 e. The zero-order chi connectivity index (χ0) is 17.3. The smallest absolute Gasteiger partial charge is 0.275 e. The first-order valence-corrected chi connectivity index (χ1v) is 10.2. The Kier molecular flexibility index (Phi) is 4.51. The topological polar surface area (TPSA) is 79.3 Å². The molecule has 2 amide bonds. The molecule has 25 heavy (non-hydrogen) atoms. The summed E-state index contributed by atoms with van der Waals surface area (Å²) >= 11 is 2.65. The van der Waals surface area contributed by atoms with Crippen molar-refractivity contribution in [3.8, 4) is 0 Å². The highest BCUT2D eigenvalue weighted by molar-refractivity contribution is 7.07. The van der Waals surface area contributed by atoms with Crippen molar-refractivity contribution < 1.29 is 9.59 Å². The van der Waals surface area contributed by atoms with E-state index in [9.17, 15) is 9.59 Å². The van der Waals surface area contributed by atoms with Gasteiger partial charge < -0.3 is 9.80 Å². The Hall–Kier alpha value is -1.87. The number of hydrogen-bond acceptors (Lipinski definition) is 7. The molecule has 2 fully saturated rings. The minimum Gasteiger partial charge on any atom is -0.337 e. The van der Waals surface area contributed by atoms with Gasteiger partial charge in [0.05, 0.1) is 5.51 Å². The molecule has 2 saturated heterocycles. The van der Waals surface area contributed by atoms with E-state index < -0.39 is 0 Å². The number of carbonyl (C=O) groups excluding carboxylic acids is 2. The zero-order valence-electron chi connectivity index (χ0n) is 13.8. The number of likely N-dealkylation sites (tertiary alicyclic amines) is 2. The Labute approximate surface area is 153 Å². The summed E-state index contributed by atoms with van der Waals surface area (Å²) in [7, 11) is 0. The highest BCUT2D eigenvalue weighted by atomic mass is 32.1. The number of rotatable bonds is 2. The summed E-state index contributed by atoms with van der Waals surface area (Å²) in [6.07, 6.45) is 3.99. The number of aromatic nitrogens is 3. The van der Waals surface area contributed by atoms with Crippen molar-refractivity contribution in [1.82, 2.24) is 24.4 Å². The normalized spacial score (nSPS) is 20.0. The van der Waals surface area contributed by atoms with Crippen molar-refractivity contribution in [2.24, 2.45) is 5.41 Å². The third kappa shape index (κ3) is 3.30. The molecule has 7 nitrogen and oxygen atoms in total. The summed E-state index contributed by atoms with van der Waals surface area (Å²) in [5.41, 5.74) is 2.81. The van der Waals surface area contributed by atoms with Crippen LogP contribution < -0.4 is 0 Å². The van der Waals surface area contributed by atoms with Crippen LogP contribution in [0.2, 0.25) is 0 Å². The molecule has 0 unspecified atom stereocenters. The fourth-order valence-electron chi connectivity index (χ4n) is 3.87. The van der Waals surface area contributed by atoms with Crippen LogP contribution in [-0.4, -0.2) is 62.4 Å². The second-order valence-electron chi connectivity index (χ2n) is 6.79. The number of amides is 2. The van der Waals surface area contributed by atoms with Crippen LogP contribution in [0.25, 0.3) is 0 Å². The minimum atomic E-state index is -0.0326. The molecule has 0 N–H and O–H groups in total. The van der Waals surface area contributed by atoms with Gasteiger partial charge in [-0.3, -0.25) is 9.59 Å². The van der Waals surface area contributed by atoms with Crippen LogP contribution in [0.15, 0.2) is 16.3 Å². The summed E-state index contributed by atoms with van der Waals surface area (Å²) in [5, 5.41) is 7.39. The molecule has 4 rings (SSSR count). The molecule has 132 valence electrons. The molecule has 0 bridgehead atoms. The van der Waals surface area contributed by atoms with Gasteiger partial charge in [-0.1, -0.05) is 4.49 Å². The molecule has 9 heteroatoms. The van der Waals surface area contributed by atoms with Crippen molar-refractivity contribution in [2.45, 2.75) is 25.7 Å². The molecule has 0 aliphatic carbocycles. The lowest BCUT2D eigenvalue weighted by molar-refractivity contribution is 0.0197. The molecular weight excluding hydrogens is 358 g/mol. The highest BCUT2D eigenvalue weighted by Gasteiger charge is 2.41. The van der Waals surface area contributed by atoms with E-state index in [4.69, 9.17) is 0 Å². The van der Waals surface area contributed by atoms with E-state index in [-0.39, 0.29) is 17.2 Å². The predicted octanol–water partition coefficient (Wildman–Crippen LogP) is 2.15. The summed E-state index contributed by atoms with van der Waals surface area (Å²) in [4.78, 5) is 33.0. The van der Waals surface area contributed by atoms with Gasteiger partial charge in [0.2, 0.25) is 0 Å². The molecule has 2 aliphatic heterocycles. The number of thiazole rings is 1. The lowest BCUT2D eigenvalue weighted by Gasteiger charge is -2.47. The second-order valence-corrected chi connectivity index (χ2v) is 8.11. The van der Waals surface area contributed by atoms with Gasteiger partial charge in [0, 0.05) is 36.9 Å². The van der Waals surface area contributed by atoms with Crippen molar-refractivity contribution in [3.63, 3.8) is 0 Å². The molecular formula is C16H19N5O2S2. The van der Waals surface area contributed by atoms with Gasteiger partial charge in [-0.2, -0.15) is 0 Å². The van der Waals surface area contributed by atoms with Crippen molar-refractivity contribution in [2.75, 3.05) is 26.2 Å². The van der Waals surface area contributed by atoms with E-state index in [1.54, 1.807) is 10.9 Å². The lowest BCUT2D eigenvalue weighted by atomic mass is 9.72. The van der Waals surface area contributed by atoms with E-state index in [1.807, 2.05) is 15.2 Å². The van der Waals surface area contributed by atoms with Gasteiger partial charge in [0.15, 0.2) is 5.69 Å². The molecule has 4 heterocycles. The van der Waals surface area contributed by atoms with Crippen LogP contribution in [0.1, 0.15) is 46.7 Å². The maximum atomic E-state index is 12.6. The van der Waals surface area contributed by atoms with E-state index >= 15 is 0 Å². The standard InChI is InChI=1S/C16H19N5O2S2/c22-14(12-8-24-11-17-12)21-5-1-2-16(10-21)3-6-20(7-4-16)15(23)13-9-25-19-18-13/h8-9,11H,1-7,10H2. The van der Waals surface area contributed by atoms with E-state index in [1.165, 1.54) is 22.9 Å². The number of hydrogen-bond donors (Lipinski definition) is 0. The number of piperidine rings is 2. The van der Waals surface area contributed by atoms with Crippen LogP contribution in [0.3, 0.4) is 0 Å². The summed E-state index contributed by atoms with van der Waals surface area (Å²) < 4.78 is 3.77. The Morgan fingerprint density at radius 1 is 1.00 bits per heavy atom. The number of carbonyl (C=O) groups is 2. The first kappa shape index (κ1) is 16.6. The van der Waals surface area contributed by atoms with Gasteiger partial charge in [-0.25, -0.2) is 4.98 Å². The Balaban J connectivity index is 1.40. The summed E-state index contributed by atoms with van der Waals surface area (Å²) in [6.45, 7) is 3.00. The Morgan fingerprint density at radius 2 is 1.80 bits per heavy atom. The average molecular weight is 377 g/mol. The molecule has 0 saturated carbocycles. The fourth-order valence-corrected chi connectivity index (χ4v) is 4.83. The van der Waals surface area contributed by atoms with Gasteiger partial charge in [-0.15, -0.1) is 16.4 Å². The molecule has 0 atom stereocenters. The summed E-state index contributed by atoms with van der Waals surface area (Å²) in [6, 6.07) is 0. The van der Waals surface area contributed by atoms with Crippen LogP contribution in [0.4, 0.5) is 0 Å². The van der Waals surface area contributed by atoms with Crippen molar-refractivity contribution >= 4 is 34.7 Å². The first-order chi connectivity index (χ1) is 12.2. The third-order valence-corrected chi connectivity index (χ3v) is 6.38. The van der Waals surface area contributed by atoms with Gasteiger partial charge in [0.25, 0.3) is 11.8 Å². The molecule has 0 radical (unpaired) electrons. The highest BCUT2D eigenvalue weighted by Crippen LogP contribution is 2.40. The molecule has 2 aliphatic rings. The van der Waals surface area contributed by atoms with Gasteiger partial charge in [-0.05, 0) is 42.6 Å². The lowest BCUT2D eigenvalue weighted by Crippen LogP contribution is -2.52. The van der Waals surface area contributed by atoms with Crippen molar-refractivity contribution in [3.05, 3.63) is 27.7 Å². The number of nitrogens with zero attached hydrogens (tertiary/aromatic N) is 5. The predicted molar refractivity (Wildman–Crippen MR) is 94.7 cm³/mol. The van der Waals surface area contributed by atoms with Crippen LogP contribution >= 0.6 is 22.9 Å². The van der Waals surface area contributed by atoms with Crippen LogP contribution in [-0.2, 0) is 0 Å². The Morgan fingerprint density at radius 3 is 2.48 bits per heavy atom. The molecule has 0 aromatic carbocycles. The average Bonchev–Trinajstić information content (AvgIpc) is 3.35. The van der Waals surface area contributed by atoms with Gasteiger partial charge in [0.1, 0.15) is 5.69 Å². The first-order valence-electron chi connectivity index (χ1n) is 8.41. The third-order valence-electron chi connectivity index (χ3n) is 5.29. The molecule has 1 spiro atoms. The SMILES string of the molecule is O=C(c1cscn1)N1CCCC2(CCN(C(=O)c3csnn3)CC2)C1. The van der Waals surface area contributed by atoms with Crippen LogP contribution in [0, 0.1) is 5.41 Å². The fraction of sp³-hybridized carbons (Fsp3) is 0.562. The zero-order valence-corrected chi connectivity index (χ0v) is 15.4. The van der Waals surface area contributed by atoms with E-state index in [2.05, 4.69) is 14.6 Å². The maximum Gasteiger partial charge on any atom is 0.275 e. The molecule has 2 aromatic rings. The quantitative estimate of drug-likeness (QED) is 0.801. The Bertz CT molecular complexity index is 739.